The minimum atomic E-state index is -0.461. The molecular formula is C26H28N10O4. The standard InChI is InChI=1S/C26H28N10O4/c1-2-36-22-17(23(38)33-36)8-9-20(29-22)30-25-27-14-18(24-32-26(34-40-24)35-10-12-39-13-11-35)21(31-25)28-19(15-37)16-6-4-3-5-7-16/h3-9,14,19,37H,2,10-13,15H2,1H3,(H,33,38)(H2,27,28,29,30,31)/t19-/m1/s1. The number of aliphatic hydroxyl groups excluding tert-OH is 1. The third-order valence-electron chi connectivity index (χ3n) is 6.59. The number of rotatable bonds is 9. The van der Waals surface area contributed by atoms with Crippen LogP contribution in [-0.2, 0) is 11.3 Å². The van der Waals surface area contributed by atoms with Gasteiger partial charge in [0.15, 0.2) is 5.65 Å². The van der Waals surface area contributed by atoms with Gasteiger partial charge in [-0.15, -0.1) is 0 Å². The van der Waals surface area contributed by atoms with E-state index in [4.69, 9.17) is 9.26 Å². The van der Waals surface area contributed by atoms with Crippen LogP contribution in [0.25, 0.3) is 22.5 Å². The smallest absolute Gasteiger partial charge is 0.273 e. The van der Waals surface area contributed by atoms with Gasteiger partial charge in [0.05, 0.1) is 31.2 Å². The molecule has 0 radical (unpaired) electrons. The lowest BCUT2D eigenvalue weighted by Gasteiger charge is -2.24. The summed E-state index contributed by atoms with van der Waals surface area (Å²) in [5.41, 5.74) is 1.68. The molecule has 1 saturated heterocycles. The molecule has 1 aliphatic rings. The van der Waals surface area contributed by atoms with Crippen molar-refractivity contribution in [3.05, 3.63) is 64.6 Å². The molecule has 4 aromatic heterocycles. The second-order valence-electron chi connectivity index (χ2n) is 9.12. The second-order valence-corrected chi connectivity index (χ2v) is 9.12. The fourth-order valence-electron chi connectivity index (χ4n) is 4.49. The first-order valence-electron chi connectivity index (χ1n) is 13.0. The molecule has 14 nitrogen and oxygen atoms in total. The van der Waals surface area contributed by atoms with Crippen LogP contribution in [0.4, 0.5) is 23.5 Å². The Bertz CT molecular complexity index is 1660. The number of ether oxygens (including phenoxy) is 1. The molecule has 0 unspecified atom stereocenters. The number of pyridine rings is 1. The SMILES string of the molecule is CCn1[nH]c(=O)c2ccc(Nc3ncc(-c4nc(N5CCOCC5)no4)c(N[C@H](CO)c4ccccc4)n3)nc21. The lowest BCUT2D eigenvalue weighted by atomic mass is 10.1. The third kappa shape index (κ3) is 5.09. The Balaban J connectivity index is 1.35. The lowest BCUT2D eigenvalue weighted by molar-refractivity contribution is 0.121. The second kappa shape index (κ2) is 11.1. The van der Waals surface area contributed by atoms with E-state index in [2.05, 4.69) is 40.8 Å². The van der Waals surface area contributed by atoms with Gasteiger partial charge in [-0.1, -0.05) is 30.3 Å². The number of anilines is 4. The average Bonchev–Trinajstić information content (AvgIpc) is 3.61. The van der Waals surface area contributed by atoms with Gasteiger partial charge in [0, 0.05) is 25.8 Å². The number of benzene rings is 1. The van der Waals surface area contributed by atoms with Crippen LogP contribution in [0.1, 0.15) is 18.5 Å². The van der Waals surface area contributed by atoms with E-state index in [1.54, 1.807) is 23.0 Å². The van der Waals surface area contributed by atoms with Crippen molar-refractivity contribution in [3.8, 4) is 11.5 Å². The molecule has 0 bridgehead atoms. The monoisotopic (exact) mass is 544 g/mol. The van der Waals surface area contributed by atoms with E-state index in [0.29, 0.717) is 67.0 Å². The Labute approximate surface area is 228 Å². The number of aromatic nitrogens is 7. The summed E-state index contributed by atoms with van der Waals surface area (Å²) in [6, 6.07) is 12.5. The molecule has 0 aliphatic carbocycles. The summed E-state index contributed by atoms with van der Waals surface area (Å²) >= 11 is 0. The molecule has 40 heavy (non-hydrogen) atoms. The fourth-order valence-corrected chi connectivity index (χ4v) is 4.49. The molecule has 1 fully saturated rings. The van der Waals surface area contributed by atoms with Crippen LogP contribution in [0, 0.1) is 0 Å². The zero-order chi connectivity index (χ0) is 27.5. The van der Waals surface area contributed by atoms with Crippen LogP contribution >= 0.6 is 0 Å². The number of morpholine rings is 1. The number of hydrogen-bond donors (Lipinski definition) is 4. The Morgan fingerprint density at radius 2 is 1.93 bits per heavy atom. The third-order valence-corrected chi connectivity index (χ3v) is 6.59. The summed E-state index contributed by atoms with van der Waals surface area (Å²) < 4.78 is 12.7. The van der Waals surface area contributed by atoms with Gasteiger partial charge < -0.3 is 29.9 Å². The molecule has 0 amide bonds. The molecule has 1 aromatic carbocycles. The molecule has 6 rings (SSSR count). The van der Waals surface area contributed by atoms with Crippen LogP contribution in [0.15, 0.2) is 58.0 Å². The molecule has 14 heteroatoms. The van der Waals surface area contributed by atoms with Gasteiger partial charge in [-0.25, -0.2) is 9.97 Å². The minimum Gasteiger partial charge on any atom is -0.394 e. The van der Waals surface area contributed by atoms with Crippen LogP contribution in [0.3, 0.4) is 0 Å². The zero-order valence-electron chi connectivity index (χ0n) is 21.7. The van der Waals surface area contributed by atoms with E-state index in [1.165, 1.54) is 0 Å². The average molecular weight is 545 g/mol. The Kier molecular flexibility index (Phi) is 7.08. The maximum atomic E-state index is 12.2. The van der Waals surface area contributed by atoms with Gasteiger partial charge in [-0.05, 0) is 29.8 Å². The van der Waals surface area contributed by atoms with Crippen LogP contribution in [0.5, 0.6) is 0 Å². The van der Waals surface area contributed by atoms with Crippen molar-refractivity contribution in [2.24, 2.45) is 0 Å². The molecule has 5 heterocycles. The van der Waals surface area contributed by atoms with Crippen LogP contribution in [0.2, 0.25) is 0 Å². The quantitative estimate of drug-likeness (QED) is 0.214. The van der Waals surface area contributed by atoms with E-state index in [0.717, 1.165) is 5.56 Å². The lowest BCUT2D eigenvalue weighted by Crippen LogP contribution is -2.36. The molecule has 0 spiro atoms. The van der Waals surface area contributed by atoms with Crippen molar-refractivity contribution in [2.45, 2.75) is 19.5 Å². The van der Waals surface area contributed by atoms with Gasteiger partial charge >= 0.3 is 0 Å². The summed E-state index contributed by atoms with van der Waals surface area (Å²) in [6.45, 7) is 4.80. The molecule has 1 aliphatic heterocycles. The Morgan fingerprint density at radius 1 is 1.10 bits per heavy atom. The first-order chi connectivity index (χ1) is 19.6. The number of nitrogens with zero attached hydrogens (tertiary/aromatic N) is 7. The van der Waals surface area contributed by atoms with Gasteiger partial charge in [0.1, 0.15) is 17.2 Å². The highest BCUT2D eigenvalue weighted by Gasteiger charge is 2.23. The Morgan fingerprint density at radius 3 is 2.70 bits per heavy atom. The van der Waals surface area contributed by atoms with Gasteiger partial charge in [-0.3, -0.25) is 14.6 Å². The highest BCUT2D eigenvalue weighted by molar-refractivity contribution is 5.77. The summed E-state index contributed by atoms with van der Waals surface area (Å²) in [5, 5.41) is 24.0. The largest absolute Gasteiger partial charge is 0.394 e. The van der Waals surface area contributed by atoms with Crippen molar-refractivity contribution in [2.75, 3.05) is 48.4 Å². The highest BCUT2D eigenvalue weighted by atomic mass is 16.5. The van der Waals surface area contributed by atoms with Crippen molar-refractivity contribution in [1.82, 2.24) is 34.9 Å². The zero-order valence-corrected chi connectivity index (χ0v) is 21.7. The summed E-state index contributed by atoms with van der Waals surface area (Å²) in [4.78, 5) is 32.5. The molecule has 0 saturated carbocycles. The topological polar surface area (TPSA) is 172 Å². The molecule has 1 atom stereocenters. The number of aryl methyl sites for hydroxylation is 1. The van der Waals surface area contributed by atoms with Crippen molar-refractivity contribution in [3.63, 3.8) is 0 Å². The molecule has 5 aromatic rings. The van der Waals surface area contributed by atoms with Crippen molar-refractivity contribution >= 4 is 34.6 Å². The van der Waals surface area contributed by atoms with Crippen LogP contribution in [-0.4, -0.2) is 72.9 Å². The van der Waals surface area contributed by atoms with Gasteiger partial charge in [0.2, 0.25) is 5.95 Å². The maximum Gasteiger partial charge on any atom is 0.273 e. The number of H-pyrrole nitrogens is 1. The minimum absolute atomic E-state index is 0.181. The first-order valence-corrected chi connectivity index (χ1v) is 13.0. The van der Waals surface area contributed by atoms with E-state index in [-0.39, 0.29) is 24.0 Å². The summed E-state index contributed by atoms with van der Waals surface area (Å²) in [5.74, 6) is 1.78. The number of nitrogens with one attached hydrogen (secondary N) is 3. The predicted molar refractivity (Wildman–Crippen MR) is 148 cm³/mol. The molecule has 4 N–H and O–H groups in total. The predicted octanol–water partition coefficient (Wildman–Crippen LogP) is 2.31. The normalized spacial score (nSPS) is 14.4. The van der Waals surface area contributed by atoms with Crippen molar-refractivity contribution < 1.29 is 14.4 Å². The maximum absolute atomic E-state index is 12.2. The van der Waals surface area contributed by atoms with E-state index >= 15 is 0 Å². The van der Waals surface area contributed by atoms with E-state index < -0.39 is 6.04 Å². The fraction of sp³-hybridized carbons (Fsp3) is 0.308. The van der Waals surface area contributed by atoms with Gasteiger partial charge in [0.25, 0.3) is 17.4 Å². The Hall–Kier alpha value is -4.82. The number of hydrogen-bond acceptors (Lipinski definition) is 12. The first kappa shape index (κ1) is 25.5. The summed E-state index contributed by atoms with van der Waals surface area (Å²) in [6.07, 6.45) is 1.57. The van der Waals surface area contributed by atoms with Crippen molar-refractivity contribution in [1.29, 1.82) is 0 Å². The van der Waals surface area contributed by atoms with E-state index in [1.807, 2.05) is 42.2 Å². The van der Waals surface area contributed by atoms with E-state index in [9.17, 15) is 9.90 Å². The molecule has 206 valence electrons. The molecular weight excluding hydrogens is 516 g/mol. The number of fused-ring (bicyclic) bond motifs is 1. The van der Waals surface area contributed by atoms with Gasteiger partial charge in [-0.2, -0.15) is 9.97 Å². The highest BCUT2D eigenvalue weighted by Crippen LogP contribution is 2.30. The summed E-state index contributed by atoms with van der Waals surface area (Å²) in [7, 11) is 0. The number of aliphatic hydroxyl groups is 1. The number of aromatic amines is 1. The van der Waals surface area contributed by atoms with Crippen LogP contribution < -0.4 is 21.1 Å².